The van der Waals surface area contributed by atoms with E-state index in [2.05, 4.69) is 4.90 Å². The van der Waals surface area contributed by atoms with E-state index in [0.29, 0.717) is 37.6 Å². The smallest absolute Gasteiger partial charge is 0.253 e. The largest absolute Gasteiger partial charge is 0.497 e. The van der Waals surface area contributed by atoms with Gasteiger partial charge in [-0.25, -0.2) is 0 Å². The molecule has 4 saturated carbocycles. The molecule has 150 valence electrons. The molecule has 5 fully saturated rings. The fourth-order valence-corrected chi connectivity index (χ4v) is 6.74. The molecule has 1 heterocycles. The van der Waals surface area contributed by atoms with Gasteiger partial charge in [0, 0.05) is 31.7 Å². The molecule has 4 bridgehead atoms. The summed E-state index contributed by atoms with van der Waals surface area (Å²) in [5, 5.41) is 0. The highest BCUT2D eigenvalue weighted by molar-refractivity contribution is 5.94. The van der Waals surface area contributed by atoms with Crippen LogP contribution in [0.4, 0.5) is 0 Å². The van der Waals surface area contributed by atoms with Crippen molar-refractivity contribution < 1.29 is 14.3 Å². The average Bonchev–Trinajstić information content (AvgIpc) is 2.72. The third-order valence-electron chi connectivity index (χ3n) is 7.68. The van der Waals surface area contributed by atoms with Crippen LogP contribution < -0.4 is 4.74 Å². The van der Waals surface area contributed by atoms with Gasteiger partial charge in [0.05, 0.1) is 12.5 Å². The second-order valence-electron chi connectivity index (χ2n) is 9.51. The molecular weight excluding hydrogens is 352 g/mol. The second kappa shape index (κ2) is 6.78. The summed E-state index contributed by atoms with van der Waals surface area (Å²) in [5.41, 5.74) is 0.610. The van der Waals surface area contributed by atoms with Crippen molar-refractivity contribution in [2.24, 2.45) is 23.2 Å². The Morgan fingerprint density at radius 3 is 1.86 bits per heavy atom. The predicted molar refractivity (Wildman–Crippen MR) is 106 cm³/mol. The summed E-state index contributed by atoms with van der Waals surface area (Å²) in [6.07, 6.45) is 7.42. The zero-order valence-electron chi connectivity index (χ0n) is 16.7. The maximum absolute atomic E-state index is 13.5. The van der Waals surface area contributed by atoms with Gasteiger partial charge in [-0.1, -0.05) is 0 Å². The van der Waals surface area contributed by atoms with Crippen LogP contribution >= 0.6 is 0 Å². The van der Waals surface area contributed by atoms with Gasteiger partial charge in [0.1, 0.15) is 5.75 Å². The number of ether oxygens (including phenoxy) is 1. The first-order chi connectivity index (χ1) is 13.6. The van der Waals surface area contributed by atoms with Gasteiger partial charge in [0.25, 0.3) is 5.91 Å². The molecule has 1 saturated heterocycles. The van der Waals surface area contributed by atoms with Crippen LogP contribution in [0.15, 0.2) is 24.3 Å². The maximum atomic E-state index is 13.5. The van der Waals surface area contributed by atoms with Crippen molar-refractivity contribution in [2.45, 2.75) is 38.5 Å². The SMILES string of the molecule is COc1ccc(C(=O)N2CCN(C(=O)C34CC5CC(CC(C5)C3)C4)CC2)cc1. The Morgan fingerprint density at radius 2 is 1.36 bits per heavy atom. The highest BCUT2D eigenvalue weighted by Crippen LogP contribution is 2.60. The second-order valence-corrected chi connectivity index (χ2v) is 9.51. The molecule has 2 amide bonds. The van der Waals surface area contributed by atoms with Crippen molar-refractivity contribution in [3.8, 4) is 5.75 Å². The molecule has 0 aromatic heterocycles. The Kier molecular flexibility index (Phi) is 4.37. The van der Waals surface area contributed by atoms with Crippen LogP contribution in [0.5, 0.6) is 5.75 Å². The Hall–Kier alpha value is -2.04. The minimum Gasteiger partial charge on any atom is -0.497 e. The van der Waals surface area contributed by atoms with Crippen LogP contribution in [0.25, 0.3) is 0 Å². The molecule has 4 aliphatic carbocycles. The standard InChI is InChI=1S/C23H30N2O3/c1-28-20-4-2-19(3-5-20)21(26)24-6-8-25(9-7-24)22(27)23-13-16-10-17(14-23)12-18(11-16)15-23/h2-5,16-18H,6-15H2,1H3. The lowest BCUT2D eigenvalue weighted by atomic mass is 9.49. The first-order valence-corrected chi connectivity index (χ1v) is 10.8. The molecule has 5 heteroatoms. The molecule has 1 aromatic rings. The van der Waals surface area contributed by atoms with Gasteiger partial charge in [-0.3, -0.25) is 9.59 Å². The Bertz CT molecular complexity index is 729. The van der Waals surface area contributed by atoms with Crippen LogP contribution in [0.3, 0.4) is 0 Å². The normalized spacial score (nSPS) is 33.8. The van der Waals surface area contributed by atoms with Crippen molar-refractivity contribution in [3.05, 3.63) is 29.8 Å². The van der Waals surface area contributed by atoms with Crippen LogP contribution in [-0.2, 0) is 4.79 Å². The Morgan fingerprint density at radius 1 is 0.857 bits per heavy atom. The third kappa shape index (κ3) is 2.99. The van der Waals surface area contributed by atoms with Gasteiger partial charge in [-0.05, 0) is 80.5 Å². The highest BCUT2D eigenvalue weighted by Gasteiger charge is 2.55. The molecule has 1 aliphatic heterocycles. The van der Waals surface area contributed by atoms with E-state index in [1.54, 1.807) is 7.11 Å². The minimum absolute atomic E-state index is 0.0459. The number of piperazine rings is 1. The number of benzene rings is 1. The number of rotatable bonds is 3. The number of carbonyl (C=O) groups is 2. The summed E-state index contributed by atoms with van der Waals surface area (Å²) in [5.74, 6) is 3.55. The van der Waals surface area contributed by atoms with E-state index in [0.717, 1.165) is 42.8 Å². The number of methoxy groups -OCH3 is 1. The van der Waals surface area contributed by atoms with Crippen molar-refractivity contribution in [1.82, 2.24) is 9.80 Å². The van der Waals surface area contributed by atoms with Crippen molar-refractivity contribution in [3.63, 3.8) is 0 Å². The summed E-state index contributed by atoms with van der Waals surface area (Å²) in [6, 6.07) is 7.27. The van der Waals surface area contributed by atoms with E-state index < -0.39 is 0 Å². The molecule has 0 spiro atoms. The average molecular weight is 383 g/mol. The Labute approximate surface area is 167 Å². The zero-order valence-corrected chi connectivity index (χ0v) is 16.7. The van der Waals surface area contributed by atoms with Crippen LogP contribution in [-0.4, -0.2) is 54.9 Å². The molecule has 5 nitrogen and oxygen atoms in total. The molecule has 0 unspecified atom stereocenters. The monoisotopic (exact) mass is 382 g/mol. The topological polar surface area (TPSA) is 49.9 Å². The predicted octanol–water partition coefficient (Wildman–Crippen LogP) is 3.20. The maximum Gasteiger partial charge on any atom is 0.253 e. The van der Waals surface area contributed by atoms with Crippen molar-refractivity contribution in [1.29, 1.82) is 0 Å². The summed E-state index contributed by atoms with van der Waals surface area (Å²) >= 11 is 0. The molecular formula is C23H30N2O3. The van der Waals surface area contributed by atoms with E-state index in [1.165, 1.54) is 19.3 Å². The molecule has 5 aliphatic rings. The van der Waals surface area contributed by atoms with E-state index in [1.807, 2.05) is 29.2 Å². The Balaban J connectivity index is 1.22. The number of carbonyl (C=O) groups excluding carboxylic acids is 2. The van der Waals surface area contributed by atoms with Gasteiger partial charge < -0.3 is 14.5 Å². The van der Waals surface area contributed by atoms with Gasteiger partial charge in [-0.15, -0.1) is 0 Å². The lowest BCUT2D eigenvalue weighted by molar-refractivity contribution is -0.159. The molecule has 28 heavy (non-hydrogen) atoms. The molecule has 1 aromatic carbocycles. The molecule has 0 radical (unpaired) electrons. The van der Waals surface area contributed by atoms with Gasteiger partial charge in [-0.2, -0.15) is 0 Å². The lowest BCUT2D eigenvalue weighted by Crippen LogP contribution is -2.58. The number of amides is 2. The quantitative estimate of drug-likeness (QED) is 0.807. The number of hydrogen-bond donors (Lipinski definition) is 0. The first kappa shape index (κ1) is 18.0. The molecule has 0 atom stereocenters. The van der Waals surface area contributed by atoms with Crippen molar-refractivity contribution >= 4 is 11.8 Å². The van der Waals surface area contributed by atoms with Gasteiger partial charge in [0.2, 0.25) is 5.91 Å². The summed E-state index contributed by atoms with van der Waals surface area (Å²) in [6.45, 7) is 2.59. The molecule has 6 rings (SSSR count). The summed E-state index contributed by atoms with van der Waals surface area (Å²) in [4.78, 5) is 30.2. The number of nitrogens with zero attached hydrogens (tertiary/aromatic N) is 2. The van der Waals surface area contributed by atoms with E-state index >= 15 is 0 Å². The fraction of sp³-hybridized carbons (Fsp3) is 0.652. The van der Waals surface area contributed by atoms with Gasteiger partial charge >= 0.3 is 0 Å². The third-order valence-corrected chi connectivity index (χ3v) is 7.68. The fourth-order valence-electron chi connectivity index (χ4n) is 6.74. The van der Waals surface area contributed by atoms with Crippen LogP contribution in [0.2, 0.25) is 0 Å². The van der Waals surface area contributed by atoms with E-state index in [9.17, 15) is 9.59 Å². The molecule has 0 N–H and O–H groups in total. The lowest BCUT2D eigenvalue weighted by Gasteiger charge is -2.57. The highest BCUT2D eigenvalue weighted by atomic mass is 16.5. The summed E-state index contributed by atoms with van der Waals surface area (Å²) < 4.78 is 5.17. The van der Waals surface area contributed by atoms with E-state index in [-0.39, 0.29) is 11.3 Å². The van der Waals surface area contributed by atoms with Crippen LogP contribution in [0.1, 0.15) is 48.9 Å². The van der Waals surface area contributed by atoms with E-state index in [4.69, 9.17) is 4.74 Å². The van der Waals surface area contributed by atoms with Gasteiger partial charge in [0.15, 0.2) is 0 Å². The first-order valence-electron chi connectivity index (χ1n) is 10.8. The van der Waals surface area contributed by atoms with Crippen molar-refractivity contribution in [2.75, 3.05) is 33.3 Å². The van der Waals surface area contributed by atoms with Crippen LogP contribution in [0, 0.1) is 23.2 Å². The zero-order chi connectivity index (χ0) is 19.3. The minimum atomic E-state index is -0.0725. The summed E-state index contributed by atoms with van der Waals surface area (Å²) in [7, 11) is 1.62. The number of hydrogen-bond acceptors (Lipinski definition) is 3.